The molecular weight excluding hydrogens is 221 g/mol. The fraction of sp³-hybridized carbons (Fsp3) is 0.300. The SMILES string of the molecule is O=C1CCNN1c1ccc(C(F)(F)F)cc1. The van der Waals surface area contributed by atoms with Crippen molar-refractivity contribution in [3.63, 3.8) is 0 Å². The van der Waals surface area contributed by atoms with Gasteiger partial charge in [-0.05, 0) is 24.3 Å². The van der Waals surface area contributed by atoms with Gasteiger partial charge in [0.15, 0.2) is 0 Å². The fourth-order valence-corrected chi connectivity index (χ4v) is 1.51. The number of hydrazine groups is 1. The van der Waals surface area contributed by atoms with Crippen LogP contribution in [0.15, 0.2) is 24.3 Å². The number of carbonyl (C=O) groups excluding carboxylic acids is 1. The summed E-state index contributed by atoms with van der Waals surface area (Å²) in [7, 11) is 0. The maximum atomic E-state index is 12.3. The van der Waals surface area contributed by atoms with E-state index in [0.717, 1.165) is 12.1 Å². The minimum absolute atomic E-state index is 0.139. The van der Waals surface area contributed by atoms with Crippen LogP contribution in [0.1, 0.15) is 12.0 Å². The van der Waals surface area contributed by atoms with E-state index in [1.165, 1.54) is 17.1 Å². The first-order valence-corrected chi connectivity index (χ1v) is 4.72. The lowest BCUT2D eigenvalue weighted by Gasteiger charge is -2.16. The highest BCUT2D eigenvalue weighted by atomic mass is 19.4. The second kappa shape index (κ2) is 3.79. The number of benzene rings is 1. The first-order valence-electron chi connectivity index (χ1n) is 4.72. The molecule has 1 heterocycles. The molecular formula is C10H9F3N2O. The van der Waals surface area contributed by atoms with Gasteiger partial charge in [-0.15, -0.1) is 0 Å². The minimum Gasteiger partial charge on any atom is -0.273 e. The van der Waals surface area contributed by atoms with Crippen molar-refractivity contribution < 1.29 is 18.0 Å². The Morgan fingerprint density at radius 3 is 2.25 bits per heavy atom. The molecule has 1 saturated heterocycles. The van der Waals surface area contributed by atoms with Crippen LogP contribution in [0.3, 0.4) is 0 Å². The molecule has 1 aliphatic heterocycles. The summed E-state index contributed by atoms with van der Waals surface area (Å²) in [6.07, 6.45) is -3.98. The van der Waals surface area contributed by atoms with Gasteiger partial charge in [0.05, 0.1) is 11.3 Å². The van der Waals surface area contributed by atoms with Gasteiger partial charge in [-0.1, -0.05) is 0 Å². The van der Waals surface area contributed by atoms with Crippen molar-refractivity contribution in [2.24, 2.45) is 0 Å². The zero-order chi connectivity index (χ0) is 11.8. The molecule has 1 fully saturated rings. The fourth-order valence-electron chi connectivity index (χ4n) is 1.51. The highest BCUT2D eigenvalue weighted by Gasteiger charge is 2.30. The average Bonchev–Trinajstić information content (AvgIpc) is 2.63. The number of nitrogens with one attached hydrogen (secondary N) is 1. The van der Waals surface area contributed by atoms with Crippen LogP contribution >= 0.6 is 0 Å². The molecule has 0 aliphatic carbocycles. The van der Waals surface area contributed by atoms with E-state index >= 15 is 0 Å². The predicted molar refractivity (Wildman–Crippen MR) is 51.5 cm³/mol. The molecule has 1 aliphatic rings. The second-order valence-corrected chi connectivity index (χ2v) is 3.43. The van der Waals surface area contributed by atoms with Gasteiger partial charge in [-0.3, -0.25) is 4.79 Å². The molecule has 1 amide bonds. The number of nitrogens with zero attached hydrogens (tertiary/aromatic N) is 1. The topological polar surface area (TPSA) is 32.3 Å². The van der Waals surface area contributed by atoms with Gasteiger partial charge >= 0.3 is 6.18 Å². The smallest absolute Gasteiger partial charge is 0.273 e. The van der Waals surface area contributed by atoms with E-state index in [1.54, 1.807) is 0 Å². The summed E-state index contributed by atoms with van der Waals surface area (Å²) in [5.41, 5.74) is 2.49. The summed E-state index contributed by atoms with van der Waals surface area (Å²) in [5.74, 6) is -0.139. The van der Waals surface area contributed by atoms with E-state index in [1.807, 2.05) is 0 Å². The number of hydrogen-bond acceptors (Lipinski definition) is 2. The molecule has 6 heteroatoms. The maximum Gasteiger partial charge on any atom is 0.416 e. The highest BCUT2D eigenvalue weighted by molar-refractivity contribution is 5.94. The lowest BCUT2D eigenvalue weighted by molar-refractivity contribution is -0.137. The van der Waals surface area contributed by atoms with Crippen molar-refractivity contribution in [2.75, 3.05) is 11.6 Å². The molecule has 3 nitrogen and oxygen atoms in total. The number of hydrogen-bond donors (Lipinski definition) is 1. The first kappa shape index (κ1) is 10.9. The number of halogens is 3. The molecule has 0 saturated carbocycles. The molecule has 0 spiro atoms. The maximum absolute atomic E-state index is 12.3. The van der Waals surface area contributed by atoms with Gasteiger partial charge < -0.3 is 0 Å². The Bertz CT molecular complexity index is 400. The van der Waals surface area contributed by atoms with Crippen molar-refractivity contribution in [3.8, 4) is 0 Å². The van der Waals surface area contributed by atoms with Gasteiger partial charge in [0.1, 0.15) is 0 Å². The minimum atomic E-state index is -4.35. The molecule has 16 heavy (non-hydrogen) atoms. The first-order chi connectivity index (χ1) is 7.48. The molecule has 0 radical (unpaired) electrons. The molecule has 0 bridgehead atoms. The van der Waals surface area contributed by atoms with E-state index in [9.17, 15) is 18.0 Å². The summed E-state index contributed by atoms with van der Waals surface area (Å²) in [4.78, 5) is 11.3. The van der Waals surface area contributed by atoms with Crippen molar-refractivity contribution in [1.82, 2.24) is 5.43 Å². The van der Waals surface area contributed by atoms with Crippen LogP contribution in [0.2, 0.25) is 0 Å². The number of carbonyl (C=O) groups is 1. The van der Waals surface area contributed by atoms with Crippen molar-refractivity contribution in [2.45, 2.75) is 12.6 Å². The zero-order valence-corrected chi connectivity index (χ0v) is 8.21. The Labute approximate surface area is 89.8 Å². The zero-order valence-electron chi connectivity index (χ0n) is 8.21. The van der Waals surface area contributed by atoms with Gasteiger partial charge in [-0.2, -0.15) is 13.2 Å². The Kier molecular flexibility index (Phi) is 2.59. The third-order valence-corrected chi connectivity index (χ3v) is 2.31. The van der Waals surface area contributed by atoms with Crippen LogP contribution in [0.25, 0.3) is 0 Å². The van der Waals surface area contributed by atoms with Crippen LogP contribution in [-0.2, 0) is 11.0 Å². The number of alkyl halides is 3. The number of amides is 1. The van der Waals surface area contributed by atoms with E-state index in [-0.39, 0.29) is 5.91 Å². The van der Waals surface area contributed by atoms with Crippen LogP contribution in [0.4, 0.5) is 18.9 Å². The van der Waals surface area contributed by atoms with Gasteiger partial charge in [0.25, 0.3) is 0 Å². The summed E-state index contributed by atoms with van der Waals surface area (Å²) in [6, 6.07) is 4.48. The summed E-state index contributed by atoms with van der Waals surface area (Å²) < 4.78 is 36.8. The standard InChI is InChI=1S/C10H9F3N2O/c11-10(12,13)7-1-3-8(4-2-7)15-9(16)5-6-14-15/h1-4,14H,5-6H2. The molecule has 1 aromatic rings. The second-order valence-electron chi connectivity index (χ2n) is 3.43. The van der Waals surface area contributed by atoms with Crippen LogP contribution in [0, 0.1) is 0 Å². The molecule has 0 aromatic heterocycles. The Morgan fingerprint density at radius 1 is 1.19 bits per heavy atom. The molecule has 1 N–H and O–H groups in total. The molecule has 2 rings (SSSR count). The van der Waals surface area contributed by atoms with Crippen LogP contribution < -0.4 is 10.4 Å². The molecule has 0 unspecified atom stereocenters. The quantitative estimate of drug-likeness (QED) is 0.799. The third-order valence-electron chi connectivity index (χ3n) is 2.31. The van der Waals surface area contributed by atoms with Gasteiger partial charge in [-0.25, -0.2) is 10.4 Å². The summed E-state index contributed by atoms with van der Waals surface area (Å²) in [6.45, 7) is 0.514. The normalized spacial score (nSPS) is 16.9. The monoisotopic (exact) mass is 230 g/mol. The Morgan fingerprint density at radius 2 is 1.81 bits per heavy atom. The van der Waals surface area contributed by atoms with E-state index in [2.05, 4.69) is 5.43 Å². The van der Waals surface area contributed by atoms with Crippen LogP contribution in [-0.4, -0.2) is 12.5 Å². The number of anilines is 1. The third kappa shape index (κ3) is 2.01. The van der Waals surface area contributed by atoms with Crippen molar-refractivity contribution >= 4 is 11.6 Å². The largest absolute Gasteiger partial charge is 0.416 e. The highest BCUT2D eigenvalue weighted by Crippen LogP contribution is 2.30. The predicted octanol–water partition coefficient (Wildman–Crippen LogP) is 1.95. The Balaban J connectivity index is 2.22. The lowest BCUT2D eigenvalue weighted by atomic mass is 10.2. The van der Waals surface area contributed by atoms with Crippen molar-refractivity contribution in [3.05, 3.63) is 29.8 Å². The van der Waals surface area contributed by atoms with Crippen LogP contribution in [0.5, 0.6) is 0 Å². The summed E-state index contributed by atoms with van der Waals surface area (Å²) >= 11 is 0. The average molecular weight is 230 g/mol. The molecule has 0 atom stereocenters. The van der Waals surface area contributed by atoms with Gasteiger partial charge in [0, 0.05) is 13.0 Å². The van der Waals surface area contributed by atoms with E-state index in [0.29, 0.717) is 18.7 Å². The molecule has 86 valence electrons. The van der Waals surface area contributed by atoms with E-state index in [4.69, 9.17) is 0 Å². The Hall–Kier alpha value is -1.56. The van der Waals surface area contributed by atoms with E-state index < -0.39 is 11.7 Å². The van der Waals surface area contributed by atoms with Crippen molar-refractivity contribution in [1.29, 1.82) is 0 Å². The summed E-state index contributed by atoms with van der Waals surface area (Å²) in [5, 5.41) is 1.26. The molecule has 1 aromatic carbocycles. The van der Waals surface area contributed by atoms with Gasteiger partial charge in [0.2, 0.25) is 5.91 Å². The lowest BCUT2D eigenvalue weighted by Crippen LogP contribution is -2.33. The number of rotatable bonds is 1.